The quantitative estimate of drug-likeness (QED) is 0.0900. The van der Waals surface area contributed by atoms with Crippen molar-refractivity contribution in [1.29, 1.82) is 5.41 Å². The number of carbonyl (C=O) groups excluding carboxylic acids is 2. The van der Waals surface area contributed by atoms with Crippen LogP contribution in [-0.2, 0) is 20.7 Å². The topological polar surface area (TPSA) is 152 Å². The van der Waals surface area contributed by atoms with Crippen LogP contribution in [0.15, 0.2) is 48.5 Å². The second-order valence-corrected chi connectivity index (χ2v) is 11.5. The van der Waals surface area contributed by atoms with Crippen molar-refractivity contribution >= 4 is 17.7 Å². The maximum atomic E-state index is 14.8. The fourth-order valence-electron chi connectivity index (χ4n) is 5.04. The molecular formula is C33H36F4N4O7. The number of esters is 1. The minimum Gasteiger partial charge on any atom is -0.493 e. The highest BCUT2D eigenvalue weighted by Crippen LogP contribution is 2.47. The van der Waals surface area contributed by atoms with Crippen LogP contribution < -0.4 is 24.8 Å². The van der Waals surface area contributed by atoms with Gasteiger partial charge in [0.15, 0.2) is 17.2 Å². The Morgan fingerprint density at radius 1 is 1.15 bits per heavy atom. The highest BCUT2D eigenvalue weighted by Gasteiger charge is 2.57. The first-order valence-electron chi connectivity index (χ1n) is 14.9. The van der Waals surface area contributed by atoms with Gasteiger partial charge in [-0.25, -0.2) is 9.37 Å². The predicted molar refractivity (Wildman–Crippen MR) is 166 cm³/mol. The zero-order chi connectivity index (χ0) is 35.4. The van der Waals surface area contributed by atoms with Gasteiger partial charge in [0.05, 0.1) is 30.7 Å². The Labute approximate surface area is 274 Å². The Morgan fingerprint density at radius 2 is 1.83 bits per heavy atom. The number of rotatable bonds is 12. The number of carbonyl (C=O) groups is 2. The van der Waals surface area contributed by atoms with E-state index in [2.05, 4.69) is 15.6 Å². The highest BCUT2D eigenvalue weighted by molar-refractivity contribution is 5.95. The van der Waals surface area contributed by atoms with Crippen LogP contribution in [0.3, 0.4) is 0 Å². The maximum Gasteiger partial charge on any atom is 0.424 e. The van der Waals surface area contributed by atoms with Crippen LogP contribution in [0, 0.1) is 11.2 Å². The maximum absolute atomic E-state index is 14.8. The summed E-state index contributed by atoms with van der Waals surface area (Å²) in [6, 6.07) is 9.76. The minimum absolute atomic E-state index is 0.00952. The van der Waals surface area contributed by atoms with E-state index in [0.717, 1.165) is 18.2 Å². The molecule has 48 heavy (non-hydrogen) atoms. The predicted octanol–water partition coefficient (Wildman–Crippen LogP) is 4.99. The summed E-state index contributed by atoms with van der Waals surface area (Å²) >= 11 is 0. The number of nitrogens with zero attached hydrogens (tertiary/aromatic N) is 1. The third-order valence-electron chi connectivity index (χ3n) is 7.57. The molecule has 11 nitrogen and oxygen atoms in total. The smallest absolute Gasteiger partial charge is 0.424 e. The second-order valence-electron chi connectivity index (χ2n) is 11.5. The number of hydrogen-bond acceptors (Lipinski definition) is 9. The number of pyridine rings is 1. The Morgan fingerprint density at radius 3 is 2.44 bits per heavy atom. The Hall–Kier alpha value is -4.92. The summed E-state index contributed by atoms with van der Waals surface area (Å²) < 4.78 is 79.9. The Bertz CT molecular complexity index is 1690. The normalized spacial score (nSPS) is 17.3. The van der Waals surface area contributed by atoms with Gasteiger partial charge in [-0.3, -0.25) is 15.0 Å². The van der Waals surface area contributed by atoms with E-state index >= 15 is 0 Å². The molecule has 1 aliphatic rings. The molecule has 1 aromatic heterocycles. The van der Waals surface area contributed by atoms with E-state index in [1.54, 1.807) is 20.8 Å². The summed E-state index contributed by atoms with van der Waals surface area (Å²) in [6.07, 6.45) is -5.74. The average molecular weight is 677 g/mol. The first kappa shape index (κ1) is 35.9. The Balaban J connectivity index is 1.66. The van der Waals surface area contributed by atoms with E-state index in [0.29, 0.717) is 0 Å². The number of hydrogen-bond donors (Lipinski definition) is 4. The summed E-state index contributed by atoms with van der Waals surface area (Å²) in [5.74, 6) is -1.59. The number of fused-ring (bicyclic) bond motifs is 1. The summed E-state index contributed by atoms with van der Waals surface area (Å²) in [5.41, 5.74) is -5.54. The van der Waals surface area contributed by atoms with E-state index in [1.165, 1.54) is 44.4 Å². The molecule has 2 aromatic carbocycles. The molecule has 1 unspecified atom stereocenters. The van der Waals surface area contributed by atoms with Crippen LogP contribution in [0.1, 0.15) is 55.7 Å². The molecule has 4 N–H and O–H groups in total. The fourth-order valence-corrected chi connectivity index (χ4v) is 5.04. The van der Waals surface area contributed by atoms with Crippen molar-refractivity contribution in [3.8, 4) is 28.5 Å². The molecule has 0 bridgehead atoms. The molecule has 1 aliphatic heterocycles. The summed E-state index contributed by atoms with van der Waals surface area (Å²) in [7, 11) is 1.30. The van der Waals surface area contributed by atoms with Crippen LogP contribution in [0.4, 0.5) is 17.6 Å². The van der Waals surface area contributed by atoms with E-state index in [4.69, 9.17) is 24.4 Å². The number of aliphatic hydroxyl groups is 1. The third-order valence-corrected chi connectivity index (χ3v) is 7.57. The monoisotopic (exact) mass is 676 g/mol. The largest absolute Gasteiger partial charge is 0.493 e. The first-order valence-corrected chi connectivity index (χ1v) is 14.9. The van der Waals surface area contributed by atoms with Gasteiger partial charge < -0.3 is 34.7 Å². The molecule has 0 aliphatic carbocycles. The van der Waals surface area contributed by atoms with Gasteiger partial charge in [-0.1, -0.05) is 6.92 Å². The van der Waals surface area contributed by atoms with Gasteiger partial charge in [0.25, 0.3) is 5.91 Å². The van der Waals surface area contributed by atoms with Crippen molar-refractivity contribution in [2.45, 2.75) is 57.5 Å². The average Bonchev–Trinajstić information content (AvgIpc) is 3.36. The molecule has 2 heterocycles. The molecule has 0 spiro atoms. The van der Waals surface area contributed by atoms with Gasteiger partial charge in [0.2, 0.25) is 5.60 Å². The van der Waals surface area contributed by atoms with E-state index in [1.807, 2.05) is 0 Å². The van der Waals surface area contributed by atoms with Crippen LogP contribution >= 0.6 is 0 Å². The molecular weight excluding hydrogens is 640 g/mol. The third kappa shape index (κ3) is 7.62. The van der Waals surface area contributed by atoms with Gasteiger partial charge >= 0.3 is 12.1 Å². The molecule has 3 aromatic rings. The highest BCUT2D eigenvalue weighted by atomic mass is 19.4. The number of amides is 1. The van der Waals surface area contributed by atoms with Crippen molar-refractivity contribution in [2.24, 2.45) is 0 Å². The molecule has 0 saturated carbocycles. The van der Waals surface area contributed by atoms with Crippen molar-refractivity contribution < 1.29 is 51.2 Å². The first-order chi connectivity index (χ1) is 22.5. The van der Waals surface area contributed by atoms with Crippen molar-refractivity contribution in [3.05, 3.63) is 71.2 Å². The zero-order valence-electron chi connectivity index (χ0n) is 26.9. The van der Waals surface area contributed by atoms with Crippen LogP contribution in [-0.4, -0.2) is 67.0 Å². The summed E-state index contributed by atoms with van der Waals surface area (Å²) in [6.45, 7) is 4.90. The van der Waals surface area contributed by atoms with Crippen molar-refractivity contribution in [1.82, 2.24) is 15.6 Å². The standard InChI is InChI=1S/C33H36F4N4O7/c1-6-27(42)48-18(2)15-46-24-12-9-21(13-25(24)45-5)30(43)39-16-32(44,33(35,36)37)26-14-23-29(47-17-31(23,4)41-19(3)38)28(40-26)20-7-10-22(34)11-8-20/h7-14,18,44H,6,15-17H2,1-5H3,(H2,38,41)(H,39,43)/t18-,31-,32?/m1/s1. The number of amidine groups is 1. The summed E-state index contributed by atoms with van der Waals surface area (Å²) in [5, 5.41) is 24.3. The minimum atomic E-state index is -5.34. The molecule has 4 rings (SSSR count). The van der Waals surface area contributed by atoms with Gasteiger partial charge in [-0.2, -0.15) is 13.2 Å². The lowest BCUT2D eigenvalue weighted by molar-refractivity contribution is -0.265. The van der Waals surface area contributed by atoms with E-state index < -0.39 is 53.4 Å². The molecule has 258 valence electrons. The zero-order valence-corrected chi connectivity index (χ0v) is 26.9. The number of benzene rings is 2. The number of alkyl halides is 3. The Kier molecular flexibility index (Phi) is 10.5. The molecule has 1 amide bonds. The second kappa shape index (κ2) is 14.1. The number of ether oxygens (including phenoxy) is 4. The molecule has 0 radical (unpaired) electrons. The lowest BCUT2D eigenvalue weighted by Gasteiger charge is -2.32. The van der Waals surface area contributed by atoms with Crippen molar-refractivity contribution in [2.75, 3.05) is 26.9 Å². The van der Waals surface area contributed by atoms with Gasteiger partial charge in [0, 0.05) is 23.1 Å². The lowest BCUT2D eigenvalue weighted by Crippen LogP contribution is -2.52. The van der Waals surface area contributed by atoms with Gasteiger partial charge in [-0.15, -0.1) is 0 Å². The molecule has 3 atom stereocenters. The number of methoxy groups -OCH3 is 1. The van der Waals surface area contributed by atoms with Gasteiger partial charge in [-0.05, 0) is 69.3 Å². The molecule has 15 heteroatoms. The number of aromatic nitrogens is 1. The molecule has 0 saturated heterocycles. The van der Waals surface area contributed by atoms with Crippen LogP contribution in [0.25, 0.3) is 11.3 Å². The lowest BCUT2D eigenvalue weighted by atomic mass is 9.88. The number of nitrogens with one attached hydrogen (secondary N) is 3. The number of halogens is 4. The SMILES string of the molecule is CCC(=O)O[C@H](C)COc1ccc(C(=O)NCC(O)(c2cc3c(c(-c4ccc(F)cc4)n2)OC[C@@]3(C)NC(C)=N)C(F)(F)F)cc1OC. The van der Waals surface area contributed by atoms with Crippen molar-refractivity contribution in [3.63, 3.8) is 0 Å². The molecule has 0 fully saturated rings. The van der Waals surface area contributed by atoms with E-state index in [-0.39, 0.29) is 65.1 Å². The van der Waals surface area contributed by atoms with E-state index in [9.17, 15) is 32.3 Å². The van der Waals surface area contributed by atoms with Crippen LogP contribution in [0.5, 0.6) is 17.2 Å². The van der Waals surface area contributed by atoms with Crippen LogP contribution in [0.2, 0.25) is 0 Å². The summed E-state index contributed by atoms with van der Waals surface area (Å²) in [4.78, 5) is 28.8. The van der Waals surface area contributed by atoms with Gasteiger partial charge in [0.1, 0.15) is 30.8 Å². The fraction of sp³-hybridized carbons (Fsp3) is 0.394.